The lowest BCUT2D eigenvalue weighted by Gasteiger charge is -2.05. The van der Waals surface area contributed by atoms with E-state index >= 15 is 0 Å². The summed E-state index contributed by atoms with van der Waals surface area (Å²) < 4.78 is 29.0. The van der Waals surface area contributed by atoms with Crippen LogP contribution in [0.25, 0.3) is 0 Å². The first-order valence-electron chi connectivity index (χ1n) is 5.05. The zero-order valence-electron chi connectivity index (χ0n) is 9.80. The summed E-state index contributed by atoms with van der Waals surface area (Å²) in [7, 11) is -1.66. The van der Waals surface area contributed by atoms with Crippen LogP contribution in [0.1, 0.15) is 6.42 Å². The minimum atomic E-state index is -3.30. The fraction of sp³-hybridized carbons (Fsp3) is 0.556. The van der Waals surface area contributed by atoms with Gasteiger partial charge < -0.3 is 10.1 Å². The van der Waals surface area contributed by atoms with Gasteiger partial charge in [0.25, 0.3) is 0 Å². The maximum absolute atomic E-state index is 10.9. The molecule has 0 bridgehead atoms. The van der Waals surface area contributed by atoms with Gasteiger partial charge >= 0.3 is 0 Å². The number of anilines is 2. The van der Waals surface area contributed by atoms with Crippen molar-refractivity contribution < 1.29 is 13.2 Å². The Kier molecular flexibility index (Phi) is 5.11. The van der Waals surface area contributed by atoms with Gasteiger partial charge in [0.05, 0.1) is 6.26 Å². The molecule has 1 aromatic rings. The topological polar surface area (TPSA) is 93.2 Å². The number of nitrogens with zero attached hydrogens (tertiary/aromatic N) is 2. The monoisotopic (exact) mass is 260 g/mol. The second kappa shape index (κ2) is 6.36. The molecule has 7 nitrogen and oxygen atoms in total. The van der Waals surface area contributed by atoms with E-state index in [1.807, 2.05) is 0 Å². The Morgan fingerprint density at radius 1 is 1.29 bits per heavy atom. The van der Waals surface area contributed by atoms with Gasteiger partial charge in [0.2, 0.25) is 10.0 Å². The molecule has 17 heavy (non-hydrogen) atoms. The lowest BCUT2D eigenvalue weighted by Crippen LogP contribution is -2.12. The van der Waals surface area contributed by atoms with Gasteiger partial charge in [0.15, 0.2) is 5.82 Å². The maximum atomic E-state index is 10.9. The summed E-state index contributed by atoms with van der Waals surface area (Å²) in [6, 6.07) is 3.21. The largest absolute Gasteiger partial charge is 0.385 e. The maximum Gasteiger partial charge on any atom is 0.231 e. The van der Waals surface area contributed by atoms with Crippen LogP contribution in [-0.2, 0) is 14.8 Å². The fourth-order valence-corrected chi connectivity index (χ4v) is 1.59. The molecule has 96 valence electrons. The standard InChI is InChI=1S/C9H16N4O3S/c1-16-7-3-6-10-8-4-5-9(12-11-8)13-17(2,14)15/h4-5H,3,6-7H2,1-2H3,(H,10,11)(H,12,13). The predicted octanol–water partition coefficient (Wildman–Crippen LogP) is 0.297. The van der Waals surface area contributed by atoms with Gasteiger partial charge in [-0.15, -0.1) is 10.2 Å². The Balaban J connectivity index is 2.45. The Labute approximate surface area is 101 Å². The smallest absolute Gasteiger partial charge is 0.231 e. The van der Waals surface area contributed by atoms with Crippen molar-refractivity contribution in [1.82, 2.24) is 10.2 Å². The Morgan fingerprint density at radius 2 is 1.94 bits per heavy atom. The molecule has 0 saturated heterocycles. The van der Waals surface area contributed by atoms with Gasteiger partial charge in [0.1, 0.15) is 5.82 Å². The van der Waals surface area contributed by atoms with E-state index in [1.165, 1.54) is 0 Å². The zero-order valence-corrected chi connectivity index (χ0v) is 10.6. The van der Waals surface area contributed by atoms with Gasteiger partial charge in [-0.1, -0.05) is 0 Å². The van der Waals surface area contributed by atoms with Gasteiger partial charge in [-0.25, -0.2) is 8.42 Å². The number of hydrogen-bond donors (Lipinski definition) is 2. The molecule has 0 saturated carbocycles. The molecule has 0 aliphatic carbocycles. The zero-order chi connectivity index (χ0) is 12.7. The SMILES string of the molecule is COCCCNc1ccc(NS(C)(=O)=O)nn1. The number of rotatable bonds is 7. The van der Waals surface area contributed by atoms with Crippen molar-refractivity contribution in [2.45, 2.75) is 6.42 Å². The quantitative estimate of drug-likeness (QED) is 0.685. The van der Waals surface area contributed by atoms with Crippen molar-refractivity contribution in [2.75, 3.05) is 36.6 Å². The summed E-state index contributed by atoms with van der Waals surface area (Å²) in [5.74, 6) is 0.801. The highest BCUT2D eigenvalue weighted by Crippen LogP contribution is 2.06. The molecule has 0 atom stereocenters. The highest BCUT2D eigenvalue weighted by atomic mass is 32.2. The molecule has 0 aliphatic heterocycles. The third-order valence-corrected chi connectivity index (χ3v) is 2.37. The second-order valence-electron chi connectivity index (χ2n) is 3.45. The minimum absolute atomic E-state index is 0.204. The van der Waals surface area contributed by atoms with Crippen LogP contribution in [-0.4, -0.2) is 45.1 Å². The molecular weight excluding hydrogens is 244 g/mol. The summed E-state index contributed by atoms with van der Waals surface area (Å²) in [6.07, 6.45) is 1.92. The lowest BCUT2D eigenvalue weighted by molar-refractivity contribution is 0.197. The fourth-order valence-electron chi connectivity index (χ4n) is 1.10. The lowest BCUT2D eigenvalue weighted by atomic mass is 10.4. The molecule has 0 aromatic carbocycles. The van der Waals surface area contributed by atoms with Gasteiger partial charge in [-0.3, -0.25) is 4.72 Å². The first-order valence-corrected chi connectivity index (χ1v) is 6.95. The van der Waals surface area contributed by atoms with Gasteiger partial charge in [-0.05, 0) is 18.6 Å². The number of hydrogen-bond acceptors (Lipinski definition) is 6. The van der Waals surface area contributed by atoms with Crippen molar-refractivity contribution >= 4 is 21.7 Å². The van der Waals surface area contributed by atoms with E-state index in [0.717, 1.165) is 19.2 Å². The molecule has 1 heterocycles. The van der Waals surface area contributed by atoms with E-state index in [-0.39, 0.29) is 5.82 Å². The van der Waals surface area contributed by atoms with E-state index in [4.69, 9.17) is 4.74 Å². The predicted molar refractivity (Wildman–Crippen MR) is 65.5 cm³/mol. The average Bonchev–Trinajstić information content (AvgIpc) is 2.25. The van der Waals surface area contributed by atoms with Crippen LogP contribution >= 0.6 is 0 Å². The summed E-state index contributed by atoms with van der Waals surface area (Å²) >= 11 is 0. The highest BCUT2D eigenvalue weighted by Gasteiger charge is 2.03. The Morgan fingerprint density at radius 3 is 2.47 bits per heavy atom. The van der Waals surface area contributed by atoms with Crippen molar-refractivity contribution in [3.63, 3.8) is 0 Å². The summed E-state index contributed by atoms with van der Waals surface area (Å²) in [6.45, 7) is 1.40. The molecule has 0 aliphatic rings. The third-order valence-electron chi connectivity index (χ3n) is 1.79. The van der Waals surface area contributed by atoms with Gasteiger partial charge in [-0.2, -0.15) is 0 Å². The number of nitrogens with one attached hydrogen (secondary N) is 2. The van der Waals surface area contributed by atoms with Crippen molar-refractivity contribution in [2.24, 2.45) is 0 Å². The van der Waals surface area contributed by atoms with Crippen LogP contribution in [0.15, 0.2) is 12.1 Å². The molecule has 8 heteroatoms. The first kappa shape index (κ1) is 13.7. The van der Waals surface area contributed by atoms with E-state index in [2.05, 4.69) is 20.2 Å². The number of aromatic nitrogens is 2. The second-order valence-corrected chi connectivity index (χ2v) is 5.20. The van der Waals surface area contributed by atoms with Crippen LogP contribution in [0.5, 0.6) is 0 Å². The first-order chi connectivity index (χ1) is 8.01. The number of methoxy groups -OCH3 is 1. The molecule has 0 radical (unpaired) electrons. The molecule has 1 rings (SSSR count). The Bertz CT molecular complexity index is 432. The van der Waals surface area contributed by atoms with E-state index in [9.17, 15) is 8.42 Å². The summed E-state index contributed by atoms with van der Waals surface area (Å²) in [5, 5.41) is 10.6. The van der Waals surface area contributed by atoms with Crippen LogP contribution in [0.4, 0.5) is 11.6 Å². The molecule has 1 aromatic heterocycles. The van der Waals surface area contributed by atoms with Crippen molar-refractivity contribution in [3.05, 3.63) is 12.1 Å². The van der Waals surface area contributed by atoms with E-state index in [1.54, 1.807) is 19.2 Å². The number of sulfonamides is 1. The van der Waals surface area contributed by atoms with Crippen LogP contribution in [0.2, 0.25) is 0 Å². The molecule has 2 N–H and O–H groups in total. The van der Waals surface area contributed by atoms with Crippen molar-refractivity contribution in [1.29, 1.82) is 0 Å². The normalized spacial score (nSPS) is 11.2. The summed E-state index contributed by atoms with van der Waals surface area (Å²) in [4.78, 5) is 0. The number of ether oxygens (including phenoxy) is 1. The molecule has 0 spiro atoms. The third kappa shape index (κ3) is 6.03. The average molecular weight is 260 g/mol. The molecular formula is C9H16N4O3S. The van der Waals surface area contributed by atoms with Gasteiger partial charge in [0, 0.05) is 20.3 Å². The van der Waals surface area contributed by atoms with E-state index < -0.39 is 10.0 Å². The molecule has 0 fully saturated rings. The highest BCUT2D eigenvalue weighted by molar-refractivity contribution is 7.92. The van der Waals surface area contributed by atoms with Crippen LogP contribution in [0.3, 0.4) is 0 Å². The summed E-state index contributed by atoms with van der Waals surface area (Å²) in [5.41, 5.74) is 0. The molecule has 0 unspecified atom stereocenters. The minimum Gasteiger partial charge on any atom is -0.385 e. The van der Waals surface area contributed by atoms with E-state index in [0.29, 0.717) is 12.4 Å². The van der Waals surface area contributed by atoms with Crippen molar-refractivity contribution in [3.8, 4) is 0 Å². The Hall–Kier alpha value is -1.41. The van der Waals surface area contributed by atoms with Crippen LogP contribution in [0, 0.1) is 0 Å². The molecule has 0 amide bonds. The van der Waals surface area contributed by atoms with Crippen LogP contribution < -0.4 is 10.0 Å².